The van der Waals surface area contributed by atoms with Crippen molar-refractivity contribution in [3.8, 4) is 22.9 Å². The number of nitrogens with zero attached hydrogens (tertiary/aromatic N) is 3. The molecule has 0 saturated heterocycles. The quantitative estimate of drug-likeness (QED) is 0.202. The molecule has 2 N–H and O–H groups in total. The van der Waals surface area contributed by atoms with E-state index in [1.807, 2.05) is 38.1 Å². The Kier molecular flexibility index (Phi) is 6.56. The minimum Gasteiger partial charge on any atom is -0.456 e. The highest BCUT2D eigenvalue weighted by Gasteiger charge is 2.18. The number of aliphatic hydroxyl groups is 1. The Hall–Kier alpha value is -4.33. The number of benzene rings is 3. The molecule has 37 heavy (non-hydrogen) atoms. The lowest BCUT2D eigenvalue weighted by molar-refractivity contribution is 0.253. The molecular weight excluding hydrogens is 488 g/mol. The van der Waals surface area contributed by atoms with Gasteiger partial charge in [-0.05, 0) is 79.6 Å². The molecule has 0 aliphatic heterocycles. The lowest BCUT2D eigenvalue weighted by atomic mass is 10.1. The van der Waals surface area contributed by atoms with Gasteiger partial charge >= 0.3 is 5.69 Å². The van der Waals surface area contributed by atoms with Crippen LogP contribution in [0.2, 0.25) is 5.02 Å². The first-order chi connectivity index (χ1) is 17.9. The number of hydrogen-bond acceptors (Lipinski definition) is 5. The summed E-state index contributed by atoms with van der Waals surface area (Å²) in [6.45, 7) is 7.60. The fourth-order valence-electron chi connectivity index (χ4n) is 4.17. The summed E-state index contributed by atoms with van der Waals surface area (Å²) < 4.78 is 9.24. The Bertz CT molecular complexity index is 1690. The van der Waals surface area contributed by atoms with E-state index in [2.05, 4.69) is 16.9 Å². The molecule has 2 heterocycles. The predicted octanol–water partition coefficient (Wildman–Crippen LogP) is 6.16. The Labute approximate surface area is 218 Å². The fraction of sp³-hybridized carbons (Fsp3) is 0.103. The number of aliphatic hydroxyl groups excluding tert-OH is 1. The van der Waals surface area contributed by atoms with Crippen LogP contribution in [0, 0.1) is 13.8 Å². The summed E-state index contributed by atoms with van der Waals surface area (Å²) in [5.74, 6) is 1.22. The van der Waals surface area contributed by atoms with E-state index in [1.165, 1.54) is 6.08 Å². The van der Waals surface area contributed by atoms with Crippen LogP contribution in [0.25, 0.3) is 22.4 Å². The van der Waals surface area contributed by atoms with Crippen LogP contribution < -0.4 is 15.7 Å². The molecule has 3 aromatic carbocycles. The molecule has 0 aliphatic carbocycles. The molecular formula is C29H25ClN4O3. The van der Waals surface area contributed by atoms with Crippen LogP contribution >= 0.6 is 11.6 Å². The van der Waals surface area contributed by atoms with Gasteiger partial charge in [0, 0.05) is 11.9 Å². The van der Waals surface area contributed by atoms with E-state index in [1.54, 1.807) is 64.0 Å². The number of aromatic nitrogens is 3. The van der Waals surface area contributed by atoms with Gasteiger partial charge in [-0.3, -0.25) is 14.1 Å². The van der Waals surface area contributed by atoms with Crippen LogP contribution in [0.4, 0.5) is 5.69 Å². The third kappa shape index (κ3) is 4.62. The smallest absolute Gasteiger partial charge is 0.338 e. The van der Waals surface area contributed by atoms with Crippen LogP contribution in [0.3, 0.4) is 0 Å². The number of anilines is 1. The second-order valence-electron chi connectivity index (χ2n) is 8.61. The largest absolute Gasteiger partial charge is 0.456 e. The van der Waals surface area contributed by atoms with Crippen molar-refractivity contribution in [3.05, 3.63) is 118 Å². The van der Waals surface area contributed by atoms with Crippen molar-refractivity contribution in [2.75, 3.05) is 5.32 Å². The maximum atomic E-state index is 13.8. The fourth-order valence-corrected chi connectivity index (χ4v) is 4.39. The van der Waals surface area contributed by atoms with Gasteiger partial charge in [0.25, 0.3) is 0 Å². The average Bonchev–Trinajstić information content (AvgIpc) is 3.19. The first-order valence-electron chi connectivity index (χ1n) is 11.7. The molecule has 0 fully saturated rings. The van der Waals surface area contributed by atoms with Gasteiger partial charge in [0.2, 0.25) is 0 Å². The normalized spacial score (nSPS) is 11.9. The Morgan fingerprint density at radius 2 is 1.76 bits per heavy atom. The van der Waals surface area contributed by atoms with Crippen molar-refractivity contribution < 1.29 is 9.84 Å². The second-order valence-corrected chi connectivity index (χ2v) is 9.02. The Balaban J connectivity index is 1.59. The lowest BCUT2D eigenvalue weighted by Gasteiger charge is -2.13. The highest BCUT2D eigenvalue weighted by molar-refractivity contribution is 6.32. The SMILES string of the molecule is C=CC(O)Nc1cccc(-n2c(=O)n(-c3ccc(Oc4cccc(C)c4C)c(Cl)c3)c3cnccc32)c1. The summed E-state index contributed by atoms with van der Waals surface area (Å²) in [6, 6.07) is 20.1. The molecule has 0 aliphatic rings. The zero-order chi connectivity index (χ0) is 26.1. The standard InChI is InChI=1S/C29H25ClN4O3/c1-4-28(35)32-20-8-6-9-21(15-20)33-24-13-14-31-17-25(24)34(29(33)36)22-11-12-27(23(30)16-22)37-26-10-5-7-18(2)19(26)3/h4-17,28,32,35H,1H2,2-3H3. The van der Waals surface area contributed by atoms with Crippen LogP contribution in [-0.2, 0) is 0 Å². The van der Waals surface area contributed by atoms with Crippen LogP contribution in [0.1, 0.15) is 11.1 Å². The van der Waals surface area contributed by atoms with E-state index in [0.29, 0.717) is 38.9 Å². The van der Waals surface area contributed by atoms with Gasteiger partial charge in [0.1, 0.15) is 17.7 Å². The van der Waals surface area contributed by atoms with Crippen molar-refractivity contribution in [3.63, 3.8) is 0 Å². The number of pyridine rings is 1. The first kappa shape index (κ1) is 24.4. The number of nitrogens with one attached hydrogen (secondary N) is 1. The molecule has 7 nitrogen and oxygen atoms in total. The number of halogens is 1. The summed E-state index contributed by atoms with van der Waals surface area (Å²) >= 11 is 6.63. The van der Waals surface area contributed by atoms with E-state index in [9.17, 15) is 9.90 Å². The molecule has 0 amide bonds. The predicted molar refractivity (Wildman–Crippen MR) is 147 cm³/mol. The molecule has 186 valence electrons. The minimum absolute atomic E-state index is 0.288. The monoisotopic (exact) mass is 512 g/mol. The molecule has 1 atom stereocenters. The third-order valence-corrected chi connectivity index (χ3v) is 6.53. The van der Waals surface area contributed by atoms with Gasteiger partial charge in [0.05, 0.1) is 33.6 Å². The second kappa shape index (κ2) is 9.97. The summed E-state index contributed by atoms with van der Waals surface area (Å²) in [7, 11) is 0. The van der Waals surface area contributed by atoms with Crippen LogP contribution in [0.5, 0.6) is 11.5 Å². The number of hydrogen-bond donors (Lipinski definition) is 2. The molecule has 1 unspecified atom stereocenters. The maximum Gasteiger partial charge on any atom is 0.338 e. The molecule has 5 aromatic rings. The van der Waals surface area contributed by atoms with Crippen molar-refractivity contribution in [1.29, 1.82) is 0 Å². The van der Waals surface area contributed by atoms with Crippen molar-refractivity contribution in [2.45, 2.75) is 20.1 Å². The van der Waals surface area contributed by atoms with Crippen LogP contribution in [-0.4, -0.2) is 25.5 Å². The zero-order valence-electron chi connectivity index (χ0n) is 20.4. The molecule has 0 radical (unpaired) electrons. The van der Waals surface area contributed by atoms with Crippen LogP contribution in [0.15, 0.2) is 96.6 Å². The number of imidazole rings is 1. The van der Waals surface area contributed by atoms with Gasteiger partial charge in [-0.15, -0.1) is 0 Å². The summed E-state index contributed by atoms with van der Waals surface area (Å²) in [4.78, 5) is 18.0. The summed E-state index contributed by atoms with van der Waals surface area (Å²) in [5, 5.41) is 13.2. The number of aryl methyl sites for hydroxylation is 1. The summed E-state index contributed by atoms with van der Waals surface area (Å²) in [5.41, 5.74) is 5.01. The third-order valence-electron chi connectivity index (χ3n) is 6.23. The van der Waals surface area contributed by atoms with E-state index in [-0.39, 0.29) is 5.69 Å². The van der Waals surface area contributed by atoms with E-state index >= 15 is 0 Å². The molecule has 5 rings (SSSR count). The Morgan fingerprint density at radius 3 is 2.54 bits per heavy atom. The number of rotatable bonds is 7. The molecule has 0 bridgehead atoms. The van der Waals surface area contributed by atoms with Gasteiger partial charge in [-0.2, -0.15) is 0 Å². The van der Waals surface area contributed by atoms with E-state index in [4.69, 9.17) is 16.3 Å². The number of fused-ring (bicyclic) bond motifs is 1. The van der Waals surface area contributed by atoms with Gasteiger partial charge in [-0.25, -0.2) is 4.79 Å². The van der Waals surface area contributed by atoms with Gasteiger partial charge in [0.15, 0.2) is 0 Å². The van der Waals surface area contributed by atoms with E-state index in [0.717, 1.165) is 16.9 Å². The minimum atomic E-state index is -0.913. The first-order valence-corrected chi connectivity index (χ1v) is 12.0. The topological polar surface area (TPSA) is 81.3 Å². The zero-order valence-corrected chi connectivity index (χ0v) is 21.1. The van der Waals surface area contributed by atoms with Crippen molar-refractivity contribution >= 4 is 28.3 Å². The van der Waals surface area contributed by atoms with Gasteiger partial charge in [-0.1, -0.05) is 36.4 Å². The molecule has 0 saturated carbocycles. The number of ether oxygens (including phenoxy) is 1. The highest BCUT2D eigenvalue weighted by atomic mass is 35.5. The average molecular weight is 513 g/mol. The lowest BCUT2D eigenvalue weighted by Crippen LogP contribution is -2.22. The summed E-state index contributed by atoms with van der Waals surface area (Å²) in [6.07, 6.45) is 3.75. The van der Waals surface area contributed by atoms with Crippen molar-refractivity contribution in [2.24, 2.45) is 0 Å². The van der Waals surface area contributed by atoms with Gasteiger partial charge < -0.3 is 15.2 Å². The maximum absolute atomic E-state index is 13.8. The Morgan fingerprint density at radius 1 is 1.00 bits per heavy atom. The molecule has 8 heteroatoms. The molecule has 2 aromatic heterocycles. The van der Waals surface area contributed by atoms with Crippen molar-refractivity contribution in [1.82, 2.24) is 14.1 Å². The highest BCUT2D eigenvalue weighted by Crippen LogP contribution is 2.34. The molecule has 0 spiro atoms. The van der Waals surface area contributed by atoms with E-state index < -0.39 is 6.23 Å².